The molecule has 0 fully saturated rings. The predicted octanol–water partition coefficient (Wildman–Crippen LogP) is 2.41. The first kappa shape index (κ1) is 21.6. The minimum absolute atomic E-state index is 0.147. The maximum atomic E-state index is 13.0. The minimum Gasteiger partial charge on any atom is -0.480 e. The molecule has 0 heterocycles. The SMILES string of the molecule is CCCCCC[C@H](NC(=O)[C@H](Cc1ccc(F)cc1)NC(C)=O)C(=O)O. The first-order valence-electron chi connectivity index (χ1n) is 8.88. The zero-order valence-corrected chi connectivity index (χ0v) is 15.3. The molecule has 6 nitrogen and oxygen atoms in total. The lowest BCUT2D eigenvalue weighted by Gasteiger charge is -2.21. The molecule has 0 aliphatic rings. The van der Waals surface area contributed by atoms with Crippen LogP contribution in [0, 0.1) is 5.82 Å². The Bertz CT molecular complexity index is 604. The van der Waals surface area contributed by atoms with Crippen molar-refractivity contribution in [2.45, 2.75) is 64.5 Å². The molecule has 0 unspecified atom stereocenters. The molecular weight excluding hydrogens is 339 g/mol. The van der Waals surface area contributed by atoms with Gasteiger partial charge in [-0.25, -0.2) is 9.18 Å². The van der Waals surface area contributed by atoms with Crippen LogP contribution in [-0.2, 0) is 20.8 Å². The summed E-state index contributed by atoms with van der Waals surface area (Å²) in [6.07, 6.45) is 4.14. The summed E-state index contributed by atoms with van der Waals surface area (Å²) < 4.78 is 13.0. The van der Waals surface area contributed by atoms with Crippen LogP contribution in [0.15, 0.2) is 24.3 Å². The van der Waals surface area contributed by atoms with E-state index in [9.17, 15) is 23.9 Å². The third-order valence-electron chi connectivity index (χ3n) is 4.01. The third-order valence-corrected chi connectivity index (χ3v) is 4.01. The number of carboxylic acid groups (broad SMARTS) is 1. The molecule has 26 heavy (non-hydrogen) atoms. The van der Waals surface area contributed by atoms with Gasteiger partial charge in [-0.1, -0.05) is 44.7 Å². The van der Waals surface area contributed by atoms with Gasteiger partial charge in [-0.05, 0) is 24.1 Å². The van der Waals surface area contributed by atoms with Gasteiger partial charge in [0.25, 0.3) is 0 Å². The van der Waals surface area contributed by atoms with E-state index in [0.29, 0.717) is 18.4 Å². The van der Waals surface area contributed by atoms with Crippen LogP contribution in [-0.4, -0.2) is 35.0 Å². The topological polar surface area (TPSA) is 95.5 Å². The minimum atomic E-state index is -1.10. The third kappa shape index (κ3) is 8.09. The number of carboxylic acids is 1. The summed E-state index contributed by atoms with van der Waals surface area (Å²) in [5, 5.41) is 14.3. The number of aliphatic carboxylic acids is 1. The molecule has 0 saturated carbocycles. The second-order valence-electron chi connectivity index (χ2n) is 6.33. The van der Waals surface area contributed by atoms with Crippen LogP contribution in [0.2, 0.25) is 0 Å². The van der Waals surface area contributed by atoms with Crippen LogP contribution in [0.3, 0.4) is 0 Å². The Labute approximate surface area is 153 Å². The van der Waals surface area contributed by atoms with E-state index >= 15 is 0 Å². The number of carbonyl (C=O) groups is 3. The average Bonchev–Trinajstić information content (AvgIpc) is 2.58. The smallest absolute Gasteiger partial charge is 0.326 e. The second kappa shape index (κ2) is 11.2. The highest BCUT2D eigenvalue weighted by Crippen LogP contribution is 2.09. The van der Waals surface area contributed by atoms with Gasteiger partial charge in [0.05, 0.1) is 0 Å². The maximum Gasteiger partial charge on any atom is 0.326 e. The molecule has 1 aromatic carbocycles. The van der Waals surface area contributed by atoms with E-state index in [4.69, 9.17) is 0 Å². The zero-order chi connectivity index (χ0) is 19.5. The normalized spacial score (nSPS) is 12.9. The maximum absolute atomic E-state index is 13.0. The number of hydrogen-bond acceptors (Lipinski definition) is 3. The largest absolute Gasteiger partial charge is 0.480 e. The number of halogens is 1. The fourth-order valence-electron chi connectivity index (χ4n) is 2.62. The number of carbonyl (C=O) groups excluding carboxylic acids is 2. The van der Waals surface area contributed by atoms with Crippen LogP contribution in [0.5, 0.6) is 0 Å². The van der Waals surface area contributed by atoms with Crippen molar-refractivity contribution in [2.24, 2.45) is 0 Å². The highest BCUT2D eigenvalue weighted by atomic mass is 19.1. The highest BCUT2D eigenvalue weighted by molar-refractivity contribution is 5.90. The number of amides is 2. The first-order valence-corrected chi connectivity index (χ1v) is 8.88. The number of hydrogen-bond donors (Lipinski definition) is 3. The summed E-state index contributed by atoms with van der Waals surface area (Å²) in [5.41, 5.74) is 0.662. The molecule has 0 saturated heterocycles. The van der Waals surface area contributed by atoms with Gasteiger partial charge < -0.3 is 15.7 Å². The molecule has 2 atom stereocenters. The Morgan fingerprint density at radius 3 is 2.23 bits per heavy atom. The average molecular weight is 366 g/mol. The summed E-state index contributed by atoms with van der Waals surface area (Å²) in [6, 6.07) is 3.67. The molecule has 0 radical (unpaired) electrons. The number of nitrogens with one attached hydrogen (secondary N) is 2. The standard InChI is InChI=1S/C19H27FN2O4/c1-3-4-5-6-7-16(19(25)26)22-18(24)17(21-13(2)23)12-14-8-10-15(20)11-9-14/h8-11,16-17H,3-7,12H2,1-2H3,(H,21,23)(H,22,24)(H,25,26)/t16-,17-/m0/s1. The van der Waals surface area contributed by atoms with E-state index in [1.165, 1.54) is 31.2 Å². The fourth-order valence-corrected chi connectivity index (χ4v) is 2.62. The van der Waals surface area contributed by atoms with Gasteiger partial charge >= 0.3 is 5.97 Å². The van der Waals surface area contributed by atoms with Gasteiger partial charge in [-0.15, -0.1) is 0 Å². The van der Waals surface area contributed by atoms with Gasteiger partial charge in [0.15, 0.2) is 0 Å². The van der Waals surface area contributed by atoms with Crippen molar-refractivity contribution in [3.05, 3.63) is 35.6 Å². The Balaban J connectivity index is 2.74. The Morgan fingerprint density at radius 1 is 1.04 bits per heavy atom. The molecule has 7 heteroatoms. The van der Waals surface area contributed by atoms with Crippen molar-refractivity contribution in [2.75, 3.05) is 0 Å². The quantitative estimate of drug-likeness (QED) is 0.524. The molecule has 1 rings (SSSR count). The Morgan fingerprint density at radius 2 is 1.69 bits per heavy atom. The number of unbranched alkanes of at least 4 members (excludes halogenated alkanes) is 3. The van der Waals surface area contributed by atoms with Gasteiger partial charge in [0.2, 0.25) is 11.8 Å². The predicted molar refractivity (Wildman–Crippen MR) is 96.0 cm³/mol. The molecule has 2 amide bonds. The van der Waals surface area contributed by atoms with Crippen molar-refractivity contribution in [3.63, 3.8) is 0 Å². The molecule has 144 valence electrons. The summed E-state index contributed by atoms with van der Waals surface area (Å²) >= 11 is 0. The van der Waals surface area contributed by atoms with E-state index in [1.807, 2.05) is 0 Å². The van der Waals surface area contributed by atoms with Crippen molar-refractivity contribution < 1.29 is 23.9 Å². The molecule has 0 aliphatic carbocycles. The molecule has 3 N–H and O–H groups in total. The lowest BCUT2D eigenvalue weighted by Crippen LogP contribution is -2.52. The molecule has 1 aromatic rings. The van der Waals surface area contributed by atoms with Crippen molar-refractivity contribution >= 4 is 17.8 Å². The summed E-state index contributed by atoms with van der Waals surface area (Å²) in [6.45, 7) is 3.34. The van der Waals surface area contributed by atoms with E-state index in [-0.39, 0.29) is 6.42 Å². The first-order chi connectivity index (χ1) is 12.3. The summed E-state index contributed by atoms with van der Waals surface area (Å²) in [5.74, 6) is -2.46. The van der Waals surface area contributed by atoms with Crippen LogP contribution in [0.1, 0.15) is 51.5 Å². The van der Waals surface area contributed by atoms with Gasteiger partial charge in [0.1, 0.15) is 17.9 Å². The van der Waals surface area contributed by atoms with Crippen LogP contribution >= 0.6 is 0 Å². The van der Waals surface area contributed by atoms with Crippen molar-refractivity contribution in [1.82, 2.24) is 10.6 Å². The molecule has 0 bridgehead atoms. The number of rotatable bonds is 11. The Hall–Kier alpha value is -2.44. The number of benzene rings is 1. The van der Waals surface area contributed by atoms with Crippen molar-refractivity contribution in [1.29, 1.82) is 0 Å². The molecular formula is C19H27FN2O4. The molecule has 0 aromatic heterocycles. The van der Waals surface area contributed by atoms with E-state index in [0.717, 1.165) is 19.3 Å². The van der Waals surface area contributed by atoms with Crippen LogP contribution in [0.25, 0.3) is 0 Å². The summed E-state index contributed by atoms with van der Waals surface area (Å²) in [4.78, 5) is 35.3. The van der Waals surface area contributed by atoms with E-state index in [1.54, 1.807) is 0 Å². The van der Waals surface area contributed by atoms with Gasteiger partial charge in [0, 0.05) is 13.3 Å². The van der Waals surface area contributed by atoms with Crippen molar-refractivity contribution in [3.8, 4) is 0 Å². The zero-order valence-electron chi connectivity index (χ0n) is 15.3. The second-order valence-corrected chi connectivity index (χ2v) is 6.33. The van der Waals surface area contributed by atoms with Gasteiger partial charge in [-0.2, -0.15) is 0 Å². The molecule has 0 spiro atoms. The highest BCUT2D eigenvalue weighted by Gasteiger charge is 2.25. The fraction of sp³-hybridized carbons (Fsp3) is 0.526. The van der Waals surface area contributed by atoms with E-state index in [2.05, 4.69) is 17.6 Å². The summed E-state index contributed by atoms with van der Waals surface area (Å²) in [7, 11) is 0. The molecule has 0 aliphatic heterocycles. The van der Waals surface area contributed by atoms with Crippen LogP contribution in [0.4, 0.5) is 4.39 Å². The Kier molecular flexibility index (Phi) is 9.33. The van der Waals surface area contributed by atoms with Crippen LogP contribution < -0.4 is 10.6 Å². The van der Waals surface area contributed by atoms with Gasteiger partial charge in [-0.3, -0.25) is 9.59 Å². The monoisotopic (exact) mass is 366 g/mol. The lowest BCUT2D eigenvalue weighted by molar-refractivity contribution is -0.142. The van der Waals surface area contributed by atoms with E-state index < -0.39 is 35.7 Å². The lowest BCUT2D eigenvalue weighted by atomic mass is 10.0.